The molecular weight excluding hydrogens is 390 g/mol. The molecule has 2 aromatic rings. The molecule has 0 radical (unpaired) electrons. The quantitative estimate of drug-likeness (QED) is 0.226. The average Bonchev–Trinajstić information content (AvgIpc) is 3.43. The molecule has 1 aliphatic carbocycles. The lowest BCUT2D eigenvalue weighted by Crippen LogP contribution is -2.37. The first-order chi connectivity index (χ1) is 14.3. The van der Waals surface area contributed by atoms with Crippen molar-refractivity contribution in [2.45, 2.75) is 19.3 Å². The van der Waals surface area contributed by atoms with Crippen LogP contribution < -0.4 is 0 Å². The van der Waals surface area contributed by atoms with Crippen molar-refractivity contribution in [2.75, 3.05) is 14.2 Å². The van der Waals surface area contributed by atoms with Crippen molar-refractivity contribution in [3.05, 3.63) is 75.8 Å². The van der Waals surface area contributed by atoms with E-state index in [0.29, 0.717) is 11.1 Å². The number of ether oxygens (including phenoxy) is 2. The molecule has 2 atom stereocenters. The number of hydrogen-bond acceptors (Lipinski definition) is 7. The molecule has 8 heteroatoms. The van der Waals surface area contributed by atoms with Crippen molar-refractivity contribution in [3.8, 4) is 0 Å². The summed E-state index contributed by atoms with van der Waals surface area (Å²) >= 11 is 0. The van der Waals surface area contributed by atoms with Crippen LogP contribution in [0.5, 0.6) is 0 Å². The maximum atomic E-state index is 13.7. The highest BCUT2D eigenvalue weighted by molar-refractivity contribution is 6.18. The molecule has 2 aromatic carbocycles. The van der Waals surface area contributed by atoms with Crippen molar-refractivity contribution >= 4 is 23.4 Å². The minimum atomic E-state index is -1.88. The van der Waals surface area contributed by atoms with E-state index < -0.39 is 33.6 Å². The Hall–Kier alpha value is -3.55. The number of nitro benzene ring substituents is 1. The van der Waals surface area contributed by atoms with E-state index in [-0.39, 0.29) is 17.9 Å². The highest BCUT2D eigenvalue weighted by atomic mass is 16.6. The summed E-state index contributed by atoms with van der Waals surface area (Å²) in [7, 11) is 2.29. The van der Waals surface area contributed by atoms with Gasteiger partial charge in [-0.15, -0.1) is 0 Å². The van der Waals surface area contributed by atoms with Gasteiger partial charge in [-0.2, -0.15) is 0 Å². The van der Waals surface area contributed by atoms with Crippen molar-refractivity contribution in [3.63, 3.8) is 0 Å². The van der Waals surface area contributed by atoms with Crippen LogP contribution in [-0.2, 0) is 19.1 Å². The van der Waals surface area contributed by atoms with Crippen molar-refractivity contribution < 1.29 is 28.8 Å². The topological polar surface area (TPSA) is 113 Å². The molecule has 0 unspecified atom stereocenters. The van der Waals surface area contributed by atoms with E-state index in [4.69, 9.17) is 9.47 Å². The number of ketones is 1. The van der Waals surface area contributed by atoms with Crippen molar-refractivity contribution in [1.82, 2.24) is 0 Å². The van der Waals surface area contributed by atoms with Crippen LogP contribution in [0.2, 0.25) is 0 Å². The minimum Gasteiger partial charge on any atom is -0.468 e. The standard InChI is InChI=1S/C22H21NO7/c1-4-21(18(24)15-8-6-5-7-9-15)17(14-10-12-16(13-11-14)23(27)28)22(21,19(25)29-2)20(26)30-3/h5-13,17H,4H2,1-3H3/t17-,21-/m0/s1. The van der Waals surface area contributed by atoms with Gasteiger partial charge in [-0.3, -0.25) is 24.5 Å². The van der Waals surface area contributed by atoms with E-state index in [2.05, 4.69) is 0 Å². The third-order valence-electron chi connectivity index (χ3n) is 6.00. The molecule has 30 heavy (non-hydrogen) atoms. The zero-order valence-electron chi connectivity index (χ0n) is 16.8. The Bertz CT molecular complexity index is 984. The molecule has 3 rings (SSSR count). The number of non-ortho nitro benzene ring substituents is 1. The second kappa shape index (κ2) is 7.70. The fourth-order valence-electron chi connectivity index (χ4n) is 4.66. The number of carbonyl (C=O) groups excluding carboxylic acids is 3. The Morgan fingerprint density at radius 1 is 0.967 bits per heavy atom. The van der Waals surface area contributed by atoms with Crippen LogP contribution in [-0.4, -0.2) is 36.9 Å². The largest absolute Gasteiger partial charge is 0.468 e. The molecule has 8 nitrogen and oxygen atoms in total. The molecule has 0 bridgehead atoms. The number of rotatable bonds is 7. The lowest BCUT2D eigenvalue weighted by atomic mass is 9.83. The molecule has 0 aliphatic heterocycles. The summed E-state index contributed by atoms with van der Waals surface area (Å²) in [6.45, 7) is 1.72. The van der Waals surface area contributed by atoms with Crippen LogP contribution in [0.1, 0.15) is 35.2 Å². The number of Topliss-reactive ketones (excluding diaryl/α,β-unsaturated/α-hetero) is 1. The molecule has 0 amide bonds. The van der Waals surface area contributed by atoms with Crippen molar-refractivity contribution in [2.24, 2.45) is 10.8 Å². The number of esters is 2. The van der Waals surface area contributed by atoms with Crippen LogP contribution >= 0.6 is 0 Å². The summed E-state index contributed by atoms with van der Waals surface area (Å²) < 4.78 is 9.91. The summed E-state index contributed by atoms with van der Waals surface area (Å²) in [6, 6.07) is 13.8. The third kappa shape index (κ3) is 2.71. The van der Waals surface area contributed by atoms with Crippen LogP contribution in [0, 0.1) is 20.9 Å². The number of benzene rings is 2. The second-order valence-corrected chi connectivity index (χ2v) is 7.09. The Morgan fingerprint density at radius 2 is 1.50 bits per heavy atom. The lowest BCUT2D eigenvalue weighted by molar-refractivity contribution is -0.384. The normalized spacial score (nSPS) is 21.4. The molecule has 156 valence electrons. The molecule has 0 heterocycles. The highest BCUT2D eigenvalue weighted by Gasteiger charge is 2.88. The lowest BCUT2D eigenvalue weighted by Gasteiger charge is -2.20. The van der Waals surface area contributed by atoms with E-state index in [1.54, 1.807) is 37.3 Å². The molecule has 1 fully saturated rings. The van der Waals surface area contributed by atoms with Crippen molar-refractivity contribution in [1.29, 1.82) is 0 Å². The van der Waals surface area contributed by atoms with Gasteiger partial charge in [-0.25, -0.2) is 0 Å². The summed E-state index contributed by atoms with van der Waals surface area (Å²) in [5.41, 5.74) is -2.67. The zero-order valence-corrected chi connectivity index (χ0v) is 16.8. The summed E-state index contributed by atoms with van der Waals surface area (Å²) in [6.07, 6.45) is 0.159. The third-order valence-corrected chi connectivity index (χ3v) is 6.00. The number of methoxy groups -OCH3 is 2. The van der Waals surface area contributed by atoms with Gasteiger partial charge in [0.2, 0.25) is 0 Å². The molecule has 1 aliphatic rings. The highest BCUT2D eigenvalue weighted by Crippen LogP contribution is 2.77. The van der Waals surface area contributed by atoms with E-state index in [0.717, 1.165) is 14.2 Å². The van der Waals surface area contributed by atoms with Gasteiger partial charge < -0.3 is 9.47 Å². The first kappa shape index (κ1) is 21.2. The summed E-state index contributed by atoms with van der Waals surface area (Å²) in [4.78, 5) is 50.1. The van der Waals surface area contributed by atoms with Gasteiger partial charge in [0, 0.05) is 23.6 Å². The summed E-state index contributed by atoms with van der Waals surface area (Å²) in [5, 5.41) is 11.0. The van der Waals surface area contributed by atoms with E-state index in [9.17, 15) is 24.5 Å². The maximum absolute atomic E-state index is 13.7. The van der Waals surface area contributed by atoms with E-state index in [1.807, 2.05) is 0 Å². The zero-order chi connectivity index (χ0) is 22.1. The van der Waals surface area contributed by atoms with Gasteiger partial charge in [-0.1, -0.05) is 49.4 Å². The SMILES string of the molecule is CC[C@@]1(C(=O)c2ccccc2)[C@H](c2ccc([N+](=O)[O-])cc2)C1(C(=O)OC)C(=O)OC. The van der Waals surface area contributed by atoms with Gasteiger partial charge >= 0.3 is 11.9 Å². The molecule has 0 saturated heterocycles. The van der Waals surface area contributed by atoms with Crippen LogP contribution in [0.15, 0.2) is 54.6 Å². The minimum absolute atomic E-state index is 0.141. The van der Waals surface area contributed by atoms with Crippen LogP contribution in [0.25, 0.3) is 0 Å². The first-order valence-corrected chi connectivity index (χ1v) is 9.33. The fraction of sp³-hybridized carbons (Fsp3) is 0.318. The number of nitrogens with zero attached hydrogens (tertiary/aromatic N) is 1. The molecule has 0 N–H and O–H groups in total. The summed E-state index contributed by atoms with van der Waals surface area (Å²) in [5.74, 6) is -3.01. The van der Waals surface area contributed by atoms with Gasteiger partial charge in [0.25, 0.3) is 5.69 Å². The molecule has 0 aromatic heterocycles. The number of carbonyl (C=O) groups is 3. The monoisotopic (exact) mass is 411 g/mol. The van der Waals surface area contributed by atoms with E-state index >= 15 is 0 Å². The Morgan fingerprint density at radius 3 is 1.93 bits per heavy atom. The maximum Gasteiger partial charge on any atom is 0.324 e. The molecular formula is C22H21NO7. The van der Waals surface area contributed by atoms with Crippen LogP contribution in [0.3, 0.4) is 0 Å². The number of hydrogen-bond donors (Lipinski definition) is 0. The number of nitro groups is 1. The van der Waals surface area contributed by atoms with E-state index in [1.165, 1.54) is 24.3 Å². The molecule has 0 spiro atoms. The van der Waals surface area contributed by atoms with Gasteiger partial charge in [0.15, 0.2) is 11.2 Å². The van der Waals surface area contributed by atoms with Gasteiger partial charge in [-0.05, 0) is 12.0 Å². The average molecular weight is 411 g/mol. The Kier molecular flexibility index (Phi) is 5.43. The smallest absolute Gasteiger partial charge is 0.324 e. The first-order valence-electron chi connectivity index (χ1n) is 9.33. The van der Waals surface area contributed by atoms with Gasteiger partial charge in [0.1, 0.15) is 0 Å². The van der Waals surface area contributed by atoms with Crippen LogP contribution in [0.4, 0.5) is 5.69 Å². The Balaban J connectivity index is 2.24. The van der Waals surface area contributed by atoms with Gasteiger partial charge in [0.05, 0.1) is 24.6 Å². The fourth-order valence-corrected chi connectivity index (χ4v) is 4.66. The second-order valence-electron chi connectivity index (χ2n) is 7.09. The predicted molar refractivity (Wildman–Crippen MR) is 106 cm³/mol. The predicted octanol–water partition coefficient (Wildman–Crippen LogP) is 3.30. The Labute approximate surface area is 172 Å². The molecule has 1 saturated carbocycles.